The molecule has 0 bridgehead atoms. The third-order valence-electron chi connectivity index (χ3n) is 2.43. The Bertz CT molecular complexity index is 238. The Morgan fingerprint density at radius 1 is 1.50 bits per heavy atom. The molecule has 0 aromatic rings. The molecular weight excluding hydrogens is 222 g/mol. The summed E-state index contributed by atoms with van der Waals surface area (Å²) in [6, 6.07) is 0.395. The lowest BCUT2D eigenvalue weighted by Crippen LogP contribution is -2.53. The molecule has 4 heteroatoms. The predicted molar refractivity (Wildman–Crippen MR) is 69.0 cm³/mol. The maximum absolute atomic E-state index is 11.8. The SMILES string of the molecule is CCCSCC1CCN1C(=O)OC(C)(C)C. The molecule has 1 atom stereocenters. The van der Waals surface area contributed by atoms with Gasteiger partial charge >= 0.3 is 6.09 Å². The number of carbonyl (C=O) groups excluding carboxylic acids is 1. The monoisotopic (exact) mass is 245 g/mol. The van der Waals surface area contributed by atoms with Crippen molar-refractivity contribution in [2.45, 2.75) is 52.2 Å². The van der Waals surface area contributed by atoms with Gasteiger partial charge in [0.25, 0.3) is 0 Å². The zero-order valence-corrected chi connectivity index (χ0v) is 11.6. The Kier molecular flexibility index (Phi) is 4.96. The lowest BCUT2D eigenvalue weighted by Gasteiger charge is -2.41. The van der Waals surface area contributed by atoms with E-state index in [2.05, 4.69) is 6.92 Å². The van der Waals surface area contributed by atoms with E-state index in [1.54, 1.807) is 0 Å². The molecule has 1 aliphatic rings. The van der Waals surface area contributed by atoms with Gasteiger partial charge in [0.1, 0.15) is 5.60 Å². The molecule has 0 N–H and O–H groups in total. The van der Waals surface area contributed by atoms with Gasteiger partial charge in [-0.3, -0.25) is 0 Å². The molecule has 0 aromatic carbocycles. The van der Waals surface area contributed by atoms with Gasteiger partial charge in [-0.25, -0.2) is 4.79 Å². The normalized spacial score (nSPS) is 20.5. The summed E-state index contributed by atoms with van der Waals surface area (Å²) in [5.41, 5.74) is -0.381. The number of ether oxygens (including phenoxy) is 1. The van der Waals surface area contributed by atoms with Crippen LogP contribution in [-0.4, -0.2) is 40.7 Å². The summed E-state index contributed by atoms with van der Waals surface area (Å²) in [7, 11) is 0. The van der Waals surface area contributed by atoms with Gasteiger partial charge in [-0.2, -0.15) is 11.8 Å². The van der Waals surface area contributed by atoms with Crippen LogP contribution in [0.15, 0.2) is 0 Å². The topological polar surface area (TPSA) is 29.5 Å². The molecule has 1 heterocycles. The van der Waals surface area contributed by atoms with Crippen LogP contribution in [0.5, 0.6) is 0 Å². The second-order valence-electron chi connectivity index (χ2n) is 5.19. The number of hydrogen-bond acceptors (Lipinski definition) is 3. The Morgan fingerprint density at radius 2 is 2.19 bits per heavy atom. The summed E-state index contributed by atoms with van der Waals surface area (Å²) in [6.45, 7) is 8.76. The highest BCUT2D eigenvalue weighted by atomic mass is 32.2. The summed E-state index contributed by atoms with van der Waals surface area (Å²) < 4.78 is 5.36. The van der Waals surface area contributed by atoms with Gasteiger partial charge in [-0.05, 0) is 39.4 Å². The zero-order valence-electron chi connectivity index (χ0n) is 10.8. The minimum absolute atomic E-state index is 0.152. The van der Waals surface area contributed by atoms with Crippen LogP contribution in [-0.2, 0) is 4.74 Å². The average Bonchev–Trinajstić information content (AvgIpc) is 2.07. The van der Waals surface area contributed by atoms with E-state index < -0.39 is 0 Å². The average molecular weight is 245 g/mol. The fourth-order valence-electron chi connectivity index (χ4n) is 1.54. The van der Waals surface area contributed by atoms with Crippen molar-refractivity contribution < 1.29 is 9.53 Å². The van der Waals surface area contributed by atoms with E-state index in [4.69, 9.17) is 4.74 Å². The molecule has 1 saturated heterocycles. The van der Waals surface area contributed by atoms with Crippen molar-refractivity contribution in [2.24, 2.45) is 0 Å². The minimum Gasteiger partial charge on any atom is -0.444 e. The molecule has 0 aliphatic carbocycles. The number of rotatable bonds is 4. The number of amides is 1. The van der Waals surface area contributed by atoms with E-state index >= 15 is 0 Å². The van der Waals surface area contributed by atoms with E-state index in [-0.39, 0.29) is 11.7 Å². The van der Waals surface area contributed by atoms with Crippen molar-refractivity contribution in [3.8, 4) is 0 Å². The highest BCUT2D eigenvalue weighted by molar-refractivity contribution is 7.99. The summed E-state index contributed by atoms with van der Waals surface area (Å²) in [5.74, 6) is 2.23. The maximum atomic E-state index is 11.8. The maximum Gasteiger partial charge on any atom is 0.410 e. The number of thioether (sulfide) groups is 1. The van der Waals surface area contributed by atoms with Crippen molar-refractivity contribution in [3.63, 3.8) is 0 Å². The summed E-state index contributed by atoms with van der Waals surface area (Å²) in [6.07, 6.45) is 2.17. The molecule has 0 radical (unpaired) electrons. The molecular formula is C12H23NO2S. The lowest BCUT2D eigenvalue weighted by atomic mass is 10.1. The summed E-state index contributed by atoms with van der Waals surface area (Å²) in [5, 5.41) is 0. The first-order valence-corrected chi connectivity index (χ1v) is 7.17. The van der Waals surface area contributed by atoms with E-state index in [9.17, 15) is 4.79 Å². The fourth-order valence-corrected chi connectivity index (χ4v) is 2.61. The summed E-state index contributed by atoms with van der Waals surface area (Å²) >= 11 is 1.93. The molecule has 3 nitrogen and oxygen atoms in total. The molecule has 1 amide bonds. The van der Waals surface area contributed by atoms with Crippen molar-refractivity contribution in [1.82, 2.24) is 4.90 Å². The highest BCUT2D eigenvalue weighted by Crippen LogP contribution is 2.24. The molecule has 0 spiro atoms. The van der Waals surface area contributed by atoms with E-state index in [1.165, 1.54) is 12.2 Å². The second-order valence-corrected chi connectivity index (χ2v) is 6.34. The third-order valence-corrected chi connectivity index (χ3v) is 3.75. The molecule has 16 heavy (non-hydrogen) atoms. The summed E-state index contributed by atoms with van der Waals surface area (Å²) in [4.78, 5) is 13.6. The van der Waals surface area contributed by atoms with Gasteiger partial charge in [-0.1, -0.05) is 6.92 Å². The van der Waals surface area contributed by atoms with Gasteiger partial charge in [0, 0.05) is 18.3 Å². The molecule has 0 saturated carbocycles. The Balaban J connectivity index is 2.29. The first-order chi connectivity index (χ1) is 7.44. The van der Waals surface area contributed by atoms with Crippen LogP contribution < -0.4 is 0 Å². The first-order valence-electron chi connectivity index (χ1n) is 6.01. The Labute approximate surface area is 103 Å². The van der Waals surface area contributed by atoms with E-state index in [0.717, 1.165) is 18.7 Å². The van der Waals surface area contributed by atoms with Crippen LogP contribution in [0, 0.1) is 0 Å². The zero-order chi connectivity index (χ0) is 12.2. The third kappa shape index (κ3) is 4.24. The molecule has 1 unspecified atom stereocenters. The smallest absolute Gasteiger partial charge is 0.410 e. The van der Waals surface area contributed by atoms with Gasteiger partial charge < -0.3 is 9.64 Å². The van der Waals surface area contributed by atoms with Crippen molar-refractivity contribution >= 4 is 17.9 Å². The molecule has 1 fully saturated rings. The number of carbonyl (C=O) groups is 1. The van der Waals surface area contributed by atoms with Gasteiger partial charge in [-0.15, -0.1) is 0 Å². The Morgan fingerprint density at radius 3 is 2.62 bits per heavy atom. The van der Waals surface area contributed by atoms with E-state index in [0.29, 0.717) is 6.04 Å². The minimum atomic E-state index is -0.381. The molecule has 94 valence electrons. The molecule has 1 rings (SSSR count). The predicted octanol–water partition coefficient (Wildman–Crippen LogP) is 3.14. The largest absolute Gasteiger partial charge is 0.444 e. The highest BCUT2D eigenvalue weighted by Gasteiger charge is 2.34. The van der Waals surface area contributed by atoms with Crippen molar-refractivity contribution in [2.75, 3.05) is 18.1 Å². The van der Waals surface area contributed by atoms with Crippen LogP contribution >= 0.6 is 11.8 Å². The van der Waals surface area contributed by atoms with Crippen molar-refractivity contribution in [1.29, 1.82) is 0 Å². The van der Waals surface area contributed by atoms with Gasteiger partial charge in [0.15, 0.2) is 0 Å². The quantitative estimate of drug-likeness (QED) is 0.713. The van der Waals surface area contributed by atoms with Crippen LogP contribution in [0.25, 0.3) is 0 Å². The number of hydrogen-bond donors (Lipinski definition) is 0. The first kappa shape index (κ1) is 13.7. The lowest BCUT2D eigenvalue weighted by molar-refractivity contribution is -0.000924. The second kappa shape index (κ2) is 5.80. The molecule has 1 aliphatic heterocycles. The van der Waals surface area contributed by atoms with Crippen LogP contribution in [0.3, 0.4) is 0 Å². The molecule has 0 aromatic heterocycles. The van der Waals surface area contributed by atoms with Crippen LogP contribution in [0.4, 0.5) is 4.79 Å². The van der Waals surface area contributed by atoms with E-state index in [1.807, 2.05) is 37.4 Å². The van der Waals surface area contributed by atoms with Gasteiger partial charge in [0.05, 0.1) is 0 Å². The number of nitrogens with zero attached hydrogens (tertiary/aromatic N) is 1. The fraction of sp³-hybridized carbons (Fsp3) is 0.917. The standard InChI is InChI=1S/C12H23NO2S/c1-5-8-16-9-10-6-7-13(10)11(14)15-12(2,3)4/h10H,5-9H2,1-4H3. The number of likely N-dealkylation sites (tertiary alicyclic amines) is 1. The van der Waals surface area contributed by atoms with Crippen molar-refractivity contribution in [3.05, 3.63) is 0 Å². The van der Waals surface area contributed by atoms with Crippen LogP contribution in [0.2, 0.25) is 0 Å². The van der Waals surface area contributed by atoms with Gasteiger partial charge in [0.2, 0.25) is 0 Å². The Hall–Kier alpha value is -0.380. The van der Waals surface area contributed by atoms with Crippen LogP contribution in [0.1, 0.15) is 40.5 Å².